The van der Waals surface area contributed by atoms with Crippen molar-refractivity contribution in [2.75, 3.05) is 0 Å². The number of nitrogens with zero attached hydrogens (tertiary/aromatic N) is 4. The number of phosphoric acid groups is 1. The van der Waals surface area contributed by atoms with E-state index in [1.165, 1.54) is 24.0 Å². The Hall–Kier alpha value is -1.28. The number of fused-ring (bicyclic) bond motifs is 1. The molecule has 0 radical (unpaired) electrons. The van der Waals surface area contributed by atoms with E-state index in [9.17, 15) is 50.7 Å². The SMILES string of the molecule is Cn1c(=O)c2c(CC(=O)N=c3scc(-c4ccc(F)c(C(F)(F)F)c4F)n3COP(=O)([O-])[O-])csc2n(C)c1=O.[Na+].[Na+]. The van der Waals surface area contributed by atoms with Crippen molar-refractivity contribution in [3.8, 4) is 11.3 Å². The van der Waals surface area contributed by atoms with Crippen LogP contribution in [-0.2, 0) is 47.3 Å². The van der Waals surface area contributed by atoms with Gasteiger partial charge in [0.15, 0.2) is 4.80 Å². The number of alkyl halides is 3. The van der Waals surface area contributed by atoms with Crippen LogP contribution in [0, 0.1) is 11.6 Å². The van der Waals surface area contributed by atoms with Crippen molar-refractivity contribution in [3.05, 3.63) is 71.3 Å². The van der Waals surface area contributed by atoms with Gasteiger partial charge < -0.3 is 18.9 Å². The average molecular weight is 670 g/mol. The van der Waals surface area contributed by atoms with Gasteiger partial charge in [-0.3, -0.25) is 23.3 Å². The maximum absolute atomic E-state index is 14.8. The third-order valence-electron chi connectivity index (χ3n) is 5.60. The number of carbonyl (C=O) groups excluding carboxylic acids is 1. The van der Waals surface area contributed by atoms with E-state index in [1.807, 2.05) is 0 Å². The van der Waals surface area contributed by atoms with Crippen molar-refractivity contribution >= 4 is 46.6 Å². The smallest absolute Gasteiger partial charge is 0.790 e. The fourth-order valence-corrected chi connectivity index (χ4v) is 5.95. The van der Waals surface area contributed by atoms with Crippen molar-refractivity contribution in [1.29, 1.82) is 0 Å². The van der Waals surface area contributed by atoms with Crippen LogP contribution in [0.4, 0.5) is 22.0 Å². The van der Waals surface area contributed by atoms with Gasteiger partial charge in [-0.25, -0.2) is 13.6 Å². The summed E-state index contributed by atoms with van der Waals surface area (Å²) in [5.74, 6) is -4.86. The van der Waals surface area contributed by atoms with Crippen molar-refractivity contribution < 1.29 is 105 Å². The van der Waals surface area contributed by atoms with Gasteiger partial charge in [0.2, 0.25) is 0 Å². The molecule has 42 heavy (non-hydrogen) atoms. The molecule has 0 N–H and O–H groups in total. The number of carbonyl (C=O) groups is 1. The zero-order valence-corrected chi connectivity index (χ0v) is 28.6. The van der Waals surface area contributed by atoms with Gasteiger partial charge in [0.25, 0.3) is 11.5 Å². The van der Waals surface area contributed by atoms with Gasteiger partial charge in [-0.15, -0.1) is 22.7 Å². The van der Waals surface area contributed by atoms with Gasteiger partial charge in [-0.05, 0) is 23.1 Å². The van der Waals surface area contributed by atoms with E-state index in [1.54, 1.807) is 0 Å². The number of aromatic nitrogens is 3. The third kappa shape index (κ3) is 7.50. The number of amides is 1. The first-order valence-corrected chi connectivity index (χ1v) is 13.9. The molecule has 0 bridgehead atoms. The molecule has 0 aliphatic rings. The predicted octanol–water partition coefficient (Wildman–Crippen LogP) is -4.39. The van der Waals surface area contributed by atoms with Gasteiger partial charge in [-0.1, -0.05) is 0 Å². The van der Waals surface area contributed by atoms with Crippen LogP contribution in [0.2, 0.25) is 0 Å². The van der Waals surface area contributed by atoms with Crippen LogP contribution in [0.3, 0.4) is 0 Å². The Labute approximate surface area is 283 Å². The first-order valence-electron chi connectivity index (χ1n) is 10.7. The predicted molar refractivity (Wildman–Crippen MR) is 128 cm³/mol. The number of thiazole rings is 1. The van der Waals surface area contributed by atoms with Gasteiger partial charge in [0, 0.05) is 25.0 Å². The minimum Gasteiger partial charge on any atom is -0.790 e. The second kappa shape index (κ2) is 13.8. The van der Waals surface area contributed by atoms with Crippen LogP contribution in [0.5, 0.6) is 0 Å². The summed E-state index contributed by atoms with van der Waals surface area (Å²) in [4.78, 5) is 63.4. The van der Waals surface area contributed by atoms with Crippen LogP contribution in [-0.4, -0.2) is 19.6 Å². The Morgan fingerprint density at radius 2 is 1.71 bits per heavy atom. The second-order valence-electron chi connectivity index (χ2n) is 8.15. The third-order valence-corrected chi connectivity index (χ3v) is 8.00. The van der Waals surface area contributed by atoms with Gasteiger partial charge in [0.1, 0.15) is 28.8 Å². The van der Waals surface area contributed by atoms with Crippen LogP contribution in [0.1, 0.15) is 11.1 Å². The number of phosphoric ester groups is 1. The Kier molecular flexibility index (Phi) is 12.1. The van der Waals surface area contributed by atoms with E-state index in [0.29, 0.717) is 28.0 Å². The molecule has 0 aliphatic heterocycles. The topological polar surface area (TPSA) is 151 Å². The molecule has 0 atom stereocenters. The molecule has 0 fully saturated rings. The number of aryl methyl sites for hydroxylation is 1. The summed E-state index contributed by atoms with van der Waals surface area (Å²) >= 11 is 1.57. The molecule has 0 unspecified atom stereocenters. The molecule has 21 heteroatoms. The van der Waals surface area contributed by atoms with Crippen molar-refractivity contribution in [3.63, 3.8) is 0 Å². The molecular formula is C21H14F5N4Na2O7PS2. The minimum atomic E-state index is -5.66. The number of rotatable bonds is 6. The molecule has 214 valence electrons. The summed E-state index contributed by atoms with van der Waals surface area (Å²) in [5.41, 5.74) is -4.62. The Morgan fingerprint density at radius 1 is 1.07 bits per heavy atom. The molecule has 1 amide bonds. The number of halogens is 5. The van der Waals surface area contributed by atoms with E-state index in [-0.39, 0.29) is 74.9 Å². The fourth-order valence-electron chi connectivity index (χ4n) is 3.76. The van der Waals surface area contributed by atoms with E-state index >= 15 is 0 Å². The van der Waals surface area contributed by atoms with Crippen molar-refractivity contribution in [2.24, 2.45) is 19.1 Å². The van der Waals surface area contributed by atoms with Gasteiger partial charge in [-0.2, -0.15) is 18.2 Å². The average Bonchev–Trinajstić information content (AvgIpc) is 3.43. The van der Waals surface area contributed by atoms with Crippen molar-refractivity contribution in [1.82, 2.24) is 13.7 Å². The Morgan fingerprint density at radius 3 is 2.31 bits per heavy atom. The van der Waals surface area contributed by atoms with Crippen LogP contribution < -0.4 is 85.0 Å². The summed E-state index contributed by atoms with van der Waals surface area (Å²) in [6, 6.07) is 0.989. The zero-order chi connectivity index (χ0) is 29.7. The molecule has 4 rings (SSSR count). The van der Waals surface area contributed by atoms with Crippen LogP contribution >= 0.6 is 30.5 Å². The number of hydrogen-bond acceptors (Lipinski definition) is 9. The number of benzene rings is 1. The molecule has 3 heterocycles. The summed E-state index contributed by atoms with van der Waals surface area (Å²) in [5, 5.41) is 2.53. The van der Waals surface area contributed by atoms with E-state index in [4.69, 9.17) is 0 Å². The summed E-state index contributed by atoms with van der Waals surface area (Å²) in [7, 11) is -2.99. The summed E-state index contributed by atoms with van der Waals surface area (Å²) in [6.45, 7) is -1.20. The van der Waals surface area contributed by atoms with E-state index < -0.39 is 77.6 Å². The molecule has 4 aromatic rings. The molecule has 0 saturated heterocycles. The first kappa shape index (κ1) is 36.9. The summed E-state index contributed by atoms with van der Waals surface area (Å²) < 4.78 is 86.3. The van der Waals surface area contributed by atoms with Gasteiger partial charge in [0.05, 0.1) is 25.3 Å². The monoisotopic (exact) mass is 670 g/mol. The van der Waals surface area contributed by atoms with Gasteiger partial charge >= 0.3 is 71.0 Å². The van der Waals surface area contributed by atoms with Crippen LogP contribution in [0.25, 0.3) is 21.5 Å². The minimum absolute atomic E-state index is 0. The van der Waals surface area contributed by atoms with E-state index in [0.717, 1.165) is 21.3 Å². The molecule has 11 nitrogen and oxygen atoms in total. The number of thiophene rings is 1. The van der Waals surface area contributed by atoms with Crippen molar-refractivity contribution in [2.45, 2.75) is 19.3 Å². The number of hydrogen-bond donors (Lipinski definition) is 0. The largest absolute Gasteiger partial charge is 1.00 e. The molecule has 1 aromatic carbocycles. The molecule has 0 spiro atoms. The Balaban J connectivity index is 0.00000308. The molecule has 3 aromatic heterocycles. The maximum atomic E-state index is 14.8. The molecule has 0 aliphatic carbocycles. The quantitative estimate of drug-likeness (QED) is 0.114. The fraction of sp³-hybridized carbons (Fsp3) is 0.238. The Bertz CT molecular complexity index is 1910. The first-order chi connectivity index (χ1) is 18.5. The van der Waals surface area contributed by atoms with E-state index in [2.05, 4.69) is 9.52 Å². The molecular weight excluding hydrogens is 656 g/mol. The standard InChI is InChI=1S/C21H16F5N4O7PS2.2Na/c1-28-17(32)14-9(6-39-18(14)29(2)20(28)33)5-13(31)27-19-30(8-37-38(34,35)36)12(7-40-19)10-3-4-11(22)15(16(10)23)21(24,25)26;;/h3-4,6-7H,5,8H2,1-2H3,(H2,34,35,36);;/q;2*+1/p-2. The van der Waals surface area contributed by atoms with Crippen LogP contribution in [0.15, 0.2) is 37.5 Å². The zero-order valence-electron chi connectivity index (χ0n) is 22.0. The summed E-state index contributed by atoms with van der Waals surface area (Å²) in [6.07, 6.45) is -5.92. The normalized spacial score (nSPS) is 12.4. The second-order valence-corrected chi connectivity index (χ2v) is 11.0. The molecule has 0 saturated carbocycles. The maximum Gasteiger partial charge on any atom is 1.00 e.